The van der Waals surface area contributed by atoms with Crippen molar-refractivity contribution in [3.05, 3.63) is 12.3 Å². The fourth-order valence-electron chi connectivity index (χ4n) is 6.17. The van der Waals surface area contributed by atoms with Gasteiger partial charge in [0.05, 0.1) is 12.9 Å². The highest BCUT2D eigenvalue weighted by Gasteiger charge is 2.51. The number of rotatable bonds is 11. The van der Waals surface area contributed by atoms with Crippen LogP contribution in [0.3, 0.4) is 0 Å². The van der Waals surface area contributed by atoms with Crippen LogP contribution >= 0.6 is 0 Å². The van der Waals surface area contributed by atoms with E-state index in [1.54, 1.807) is 0 Å². The van der Waals surface area contributed by atoms with E-state index in [4.69, 9.17) is 13.6 Å². The molecule has 6 heteroatoms. The molecule has 1 aliphatic heterocycles. The Balaban J connectivity index is 3.23. The SMILES string of the molecule is CC(C)[Si](OC[C@H]1OC=CC(=O)[C@@H]1O[Si](C(C)C)(C(C)C)C(C)C)(C(C)C)C(C)C. The molecule has 0 spiro atoms. The number of hydrogen-bond donors (Lipinski definition) is 0. The molecule has 30 heavy (non-hydrogen) atoms. The van der Waals surface area contributed by atoms with Crippen molar-refractivity contribution in [2.45, 2.75) is 129 Å². The van der Waals surface area contributed by atoms with Crippen molar-refractivity contribution in [2.24, 2.45) is 0 Å². The van der Waals surface area contributed by atoms with E-state index in [0.29, 0.717) is 39.9 Å². The van der Waals surface area contributed by atoms with Gasteiger partial charge in [-0.15, -0.1) is 0 Å². The minimum atomic E-state index is -2.22. The molecule has 0 unspecified atom stereocenters. The molecule has 0 saturated heterocycles. The summed E-state index contributed by atoms with van der Waals surface area (Å²) in [6.45, 7) is 27.6. The maximum absolute atomic E-state index is 13.0. The van der Waals surface area contributed by atoms with E-state index in [1.807, 2.05) is 0 Å². The van der Waals surface area contributed by atoms with Gasteiger partial charge >= 0.3 is 0 Å². The van der Waals surface area contributed by atoms with Crippen LogP contribution in [0.25, 0.3) is 0 Å². The van der Waals surface area contributed by atoms with E-state index < -0.39 is 22.7 Å². The van der Waals surface area contributed by atoms with Crippen LogP contribution in [-0.4, -0.2) is 41.2 Å². The molecular weight excluding hydrogens is 408 g/mol. The fraction of sp³-hybridized carbons (Fsp3) is 0.875. The summed E-state index contributed by atoms with van der Waals surface area (Å²) in [7, 11) is -4.26. The van der Waals surface area contributed by atoms with Crippen LogP contribution in [0.15, 0.2) is 12.3 Å². The lowest BCUT2D eigenvalue weighted by atomic mass is 10.1. The summed E-state index contributed by atoms with van der Waals surface area (Å²) in [6, 6.07) is 0. The molecule has 0 radical (unpaired) electrons. The third-order valence-electron chi connectivity index (χ3n) is 7.35. The van der Waals surface area contributed by atoms with Gasteiger partial charge in [0, 0.05) is 6.08 Å². The molecule has 0 bridgehead atoms. The monoisotopic (exact) mass is 456 g/mol. The first-order valence-electron chi connectivity index (χ1n) is 11.9. The molecule has 1 rings (SSSR count). The van der Waals surface area contributed by atoms with Crippen LogP contribution in [0.5, 0.6) is 0 Å². The molecule has 0 aromatic rings. The summed E-state index contributed by atoms with van der Waals surface area (Å²) in [6.07, 6.45) is 2.10. The number of ether oxygens (including phenoxy) is 1. The second-order valence-corrected chi connectivity index (χ2v) is 21.7. The zero-order chi connectivity index (χ0) is 23.4. The highest BCUT2D eigenvalue weighted by molar-refractivity contribution is 6.78. The minimum Gasteiger partial charge on any atom is -0.492 e. The van der Waals surface area contributed by atoms with E-state index in [2.05, 4.69) is 83.1 Å². The van der Waals surface area contributed by atoms with E-state index in [-0.39, 0.29) is 11.9 Å². The van der Waals surface area contributed by atoms with Crippen molar-refractivity contribution in [1.29, 1.82) is 0 Å². The number of carbonyl (C=O) groups is 1. The number of hydrogen-bond acceptors (Lipinski definition) is 4. The Morgan fingerprint density at radius 2 is 1.17 bits per heavy atom. The van der Waals surface area contributed by atoms with Crippen molar-refractivity contribution in [3.8, 4) is 0 Å². The van der Waals surface area contributed by atoms with Gasteiger partial charge in [-0.1, -0.05) is 83.1 Å². The van der Waals surface area contributed by atoms with Gasteiger partial charge in [0.2, 0.25) is 16.6 Å². The number of carbonyl (C=O) groups excluding carboxylic acids is 1. The summed E-state index contributed by atoms with van der Waals surface area (Å²) in [5.41, 5.74) is 2.70. The summed E-state index contributed by atoms with van der Waals surface area (Å²) in [5.74, 6) is 0.0135. The summed E-state index contributed by atoms with van der Waals surface area (Å²) in [5, 5.41) is 0. The zero-order valence-electron chi connectivity index (χ0n) is 21.6. The Kier molecular flexibility index (Phi) is 10.1. The van der Waals surface area contributed by atoms with Gasteiger partial charge in [-0.25, -0.2) is 0 Å². The summed E-state index contributed by atoms with van der Waals surface area (Å²) in [4.78, 5) is 13.0. The topological polar surface area (TPSA) is 44.8 Å². The Hall–Kier alpha value is -0.436. The fourth-order valence-corrected chi connectivity index (χ4v) is 17.1. The molecule has 0 saturated carbocycles. The molecule has 0 aromatic carbocycles. The van der Waals surface area contributed by atoms with Gasteiger partial charge in [0.15, 0.2) is 11.9 Å². The smallest absolute Gasteiger partial charge is 0.201 e. The second kappa shape index (κ2) is 10.9. The molecule has 0 amide bonds. The Labute approximate surface area is 188 Å². The van der Waals surface area contributed by atoms with Crippen molar-refractivity contribution >= 4 is 22.4 Å². The average molecular weight is 457 g/mol. The van der Waals surface area contributed by atoms with Crippen molar-refractivity contribution < 1.29 is 18.4 Å². The molecule has 1 aliphatic rings. The first kappa shape index (κ1) is 27.6. The zero-order valence-corrected chi connectivity index (χ0v) is 23.6. The predicted octanol–water partition coefficient (Wildman–Crippen LogP) is 7.22. The molecule has 0 aliphatic carbocycles. The van der Waals surface area contributed by atoms with Crippen LogP contribution < -0.4 is 0 Å². The number of ketones is 1. The molecule has 0 N–H and O–H groups in total. The van der Waals surface area contributed by atoms with Gasteiger partial charge in [-0.05, 0) is 33.2 Å². The van der Waals surface area contributed by atoms with Crippen molar-refractivity contribution in [1.82, 2.24) is 0 Å². The third kappa shape index (κ3) is 5.30. The van der Waals surface area contributed by atoms with Crippen LogP contribution in [0.4, 0.5) is 0 Å². The lowest BCUT2D eigenvalue weighted by Gasteiger charge is -2.47. The third-order valence-corrected chi connectivity index (χ3v) is 19.5. The molecule has 1 heterocycles. The molecule has 4 nitrogen and oxygen atoms in total. The Morgan fingerprint density at radius 3 is 1.53 bits per heavy atom. The van der Waals surface area contributed by atoms with Crippen molar-refractivity contribution in [3.63, 3.8) is 0 Å². The van der Waals surface area contributed by atoms with Gasteiger partial charge < -0.3 is 13.6 Å². The van der Waals surface area contributed by atoms with Gasteiger partial charge in [-0.2, -0.15) is 0 Å². The average Bonchev–Trinajstić information content (AvgIpc) is 2.59. The standard InChI is InChI=1S/C24H48O4Si2/c1-16(2)29(17(3)4,18(5)6)27-15-23-24(22(25)13-14-26-23)28-30(19(7)8,20(9)10)21(11)12/h13-14,16-21,23-24H,15H2,1-12H3/t23-,24+/m1/s1. The normalized spacial score (nSPS) is 21.1. The predicted molar refractivity (Wildman–Crippen MR) is 132 cm³/mol. The van der Waals surface area contributed by atoms with E-state index in [1.165, 1.54) is 12.3 Å². The van der Waals surface area contributed by atoms with Crippen LogP contribution in [0, 0.1) is 0 Å². The highest BCUT2D eigenvalue weighted by atomic mass is 28.4. The lowest BCUT2D eigenvalue weighted by Crippen LogP contribution is -2.57. The van der Waals surface area contributed by atoms with Crippen LogP contribution in [-0.2, 0) is 18.4 Å². The quantitative estimate of drug-likeness (QED) is 0.308. The largest absolute Gasteiger partial charge is 0.492 e. The summed E-state index contributed by atoms with van der Waals surface area (Å²) >= 11 is 0. The Bertz CT molecular complexity index is 538. The minimum absolute atomic E-state index is 0.0135. The van der Waals surface area contributed by atoms with Gasteiger partial charge in [0.25, 0.3) is 0 Å². The Morgan fingerprint density at radius 1 is 0.767 bits per heavy atom. The maximum atomic E-state index is 13.0. The van der Waals surface area contributed by atoms with E-state index in [0.717, 1.165) is 0 Å². The highest BCUT2D eigenvalue weighted by Crippen LogP contribution is 2.45. The second-order valence-electron chi connectivity index (χ2n) is 10.9. The van der Waals surface area contributed by atoms with E-state index >= 15 is 0 Å². The molecule has 0 aromatic heterocycles. The molecule has 176 valence electrons. The van der Waals surface area contributed by atoms with Crippen LogP contribution in [0.1, 0.15) is 83.1 Å². The maximum Gasteiger partial charge on any atom is 0.201 e. The van der Waals surface area contributed by atoms with Gasteiger partial charge in [0.1, 0.15) is 6.10 Å². The van der Waals surface area contributed by atoms with Gasteiger partial charge in [-0.3, -0.25) is 4.79 Å². The van der Waals surface area contributed by atoms with E-state index in [9.17, 15) is 4.79 Å². The van der Waals surface area contributed by atoms with Crippen molar-refractivity contribution in [2.75, 3.05) is 6.61 Å². The molecular formula is C24H48O4Si2. The summed E-state index contributed by atoms with van der Waals surface area (Å²) < 4.78 is 19.6. The van der Waals surface area contributed by atoms with Crippen LogP contribution in [0.2, 0.25) is 33.2 Å². The lowest BCUT2D eigenvalue weighted by molar-refractivity contribution is -0.131. The first-order chi connectivity index (χ1) is 13.7. The molecule has 0 fully saturated rings. The molecule has 2 atom stereocenters. The first-order valence-corrected chi connectivity index (χ1v) is 16.2.